The van der Waals surface area contributed by atoms with Crippen LogP contribution >= 0.6 is 0 Å². The quantitative estimate of drug-likeness (QED) is 0.681. The summed E-state index contributed by atoms with van der Waals surface area (Å²) in [4.78, 5) is 14.7. The monoisotopic (exact) mass is 163 g/mol. The molecule has 1 heterocycles. The molecule has 12 heavy (non-hydrogen) atoms. The number of aromatic nitrogens is 1. The second kappa shape index (κ2) is 4.00. The summed E-state index contributed by atoms with van der Waals surface area (Å²) < 4.78 is 0. The fraction of sp³-hybridized carbons (Fsp3) is 0.400. The van der Waals surface area contributed by atoms with Crippen LogP contribution in [-0.4, -0.2) is 10.8 Å². The molecule has 0 aromatic carbocycles. The third-order valence-corrected chi connectivity index (χ3v) is 1.88. The van der Waals surface area contributed by atoms with Gasteiger partial charge >= 0.3 is 0 Å². The van der Waals surface area contributed by atoms with Crippen LogP contribution in [0.1, 0.15) is 24.5 Å². The maximum atomic E-state index is 10.7. The van der Waals surface area contributed by atoms with Crippen molar-refractivity contribution in [3.05, 3.63) is 29.6 Å². The van der Waals surface area contributed by atoms with E-state index in [1.165, 1.54) is 11.1 Å². The van der Waals surface area contributed by atoms with Gasteiger partial charge in [-0.1, -0.05) is 0 Å². The number of nitrogens with zero attached hydrogens (tertiary/aromatic N) is 1. The van der Waals surface area contributed by atoms with Crippen LogP contribution in [0, 0.1) is 6.92 Å². The molecule has 0 aliphatic carbocycles. The Labute approximate surface area is 72.6 Å². The Morgan fingerprint density at radius 3 is 2.92 bits per heavy atom. The molecule has 0 aliphatic rings. The third-order valence-electron chi connectivity index (χ3n) is 1.88. The zero-order valence-electron chi connectivity index (χ0n) is 7.50. The Kier molecular flexibility index (Phi) is 2.97. The molecular weight excluding hydrogens is 150 g/mol. The molecule has 0 saturated heterocycles. The highest BCUT2D eigenvalue weighted by Crippen LogP contribution is 2.07. The average Bonchev–Trinajstić information content (AvgIpc) is 2.03. The van der Waals surface area contributed by atoms with Gasteiger partial charge in [0, 0.05) is 18.8 Å². The first kappa shape index (κ1) is 8.91. The van der Waals surface area contributed by atoms with Gasteiger partial charge in [0.05, 0.1) is 0 Å². The van der Waals surface area contributed by atoms with Gasteiger partial charge in [-0.05, 0) is 37.5 Å². The summed E-state index contributed by atoms with van der Waals surface area (Å²) in [7, 11) is 0. The van der Waals surface area contributed by atoms with Gasteiger partial charge in [0.2, 0.25) is 0 Å². The first-order valence-corrected chi connectivity index (χ1v) is 4.09. The number of aryl methyl sites for hydroxylation is 2. The minimum atomic E-state index is 0.242. The number of pyridine rings is 1. The summed E-state index contributed by atoms with van der Waals surface area (Å²) in [6.07, 6.45) is 5.06. The topological polar surface area (TPSA) is 30.0 Å². The van der Waals surface area contributed by atoms with Crippen molar-refractivity contribution < 1.29 is 4.79 Å². The van der Waals surface area contributed by atoms with Crippen molar-refractivity contribution >= 4 is 5.78 Å². The lowest BCUT2D eigenvalue weighted by Gasteiger charge is -2.01. The molecule has 2 nitrogen and oxygen atoms in total. The van der Waals surface area contributed by atoms with Crippen LogP contribution in [0.25, 0.3) is 0 Å². The zero-order chi connectivity index (χ0) is 8.97. The number of rotatable bonds is 3. The van der Waals surface area contributed by atoms with Crippen LogP contribution < -0.4 is 0 Å². The molecule has 0 atom stereocenters. The first-order chi connectivity index (χ1) is 5.70. The molecule has 1 aromatic rings. The Morgan fingerprint density at radius 1 is 1.58 bits per heavy atom. The fourth-order valence-corrected chi connectivity index (χ4v) is 1.09. The van der Waals surface area contributed by atoms with Crippen molar-refractivity contribution in [1.82, 2.24) is 4.98 Å². The van der Waals surface area contributed by atoms with E-state index < -0.39 is 0 Å². The Hall–Kier alpha value is -1.18. The highest BCUT2D eigenvalue weighted by Gasteiger charge is 1.98. The van der Waals surface area contributed by atoms with E-state index in [0.717, 1.165) is 6.42 Å². The molecule has 1 rings (SSSR count). The molecule has 0 unspecified atom stereocenters. The number of Topliss-reactive ketones (excluding diaryl/α,β-unsaturated/α-hetero) is 1. The highest BCUT2D eigenvalue weighted by atomic mass is 16.1. The van der Waals surface area contributed by atoms with Gasteiger partial charge in [0.25, 0.3) is 0 Å². The smallest absolute Gasteiger partial charge is 0.130 e. The van der Waals surface area contributed by atoms with E-state index in [9.17, 15) is 4.79 Å². The van der Waals surface area contributed by atoms with Gasteiger partial charge in [-0.15, -0.1) is 0 Å². The van der Waals surface area contributed by atoms with E-state index in [-0.39, 0.29) is 5.78 Å². The minimum absolute atomic E-state index is 0.242. The van der Waals surface area contributed by atoms with Crippen LogP contribution in [0.5, 0.6) is 0 Å². The molecule has 0 fully saturated rings. The average molecular weight is 163 g/mol. The van der Waals surface area contributed by atoms with Crippen LogP contribution in [0.3, 0.4) is 0 Å². The molecule has 0 amide bonds. The summed E-state index contributed by atoms with van der Waals surface area (Å²) in [5.74, 6) is 0.242. The normalized spacial score (nSPS) is 9.83. The van der Waals surface area contributed by atoms with Crippen molar-refractivity contribution in [3.8, 4) is 0 Å². The molecule has 0 radical (unpaired) electrons. The van der Waals surface area contributed by atoms with E-state index in [4.69, 9.17) is 0 Å². The van der Waals surface area contributed by atoms with E-state index in [1.54, 1.807) is 13.1 Å². The Bertz CT molecular complexity index is 281. The Balaban J connectivity index is 2.63. The largest absolute Gasteiger partial charge is 0.300 e. The van der Waals surface area contributed by atoms with Gasteiger partial charge in [0.15, 0.2) is 0 Å². The summed E-state index contributed by atoms with van der Waals surface area (Å²) in [5.41, 5.74) is 2.39. The molecule has 2 heteroatoms. The maximum Gasteiger partial charge on any atom is 0.130 e. The number of carbonyl (C=O) groups is 1. The standard InChI is InChI=1S/C10H13NO/c1-8-7-11-6-5-10(8)4-3-9(2)12/h5-7H,3-4H2,1-2H3. The van der Waals surface area contributed by atoms with Gasteiger partial charge in [0.1, 0.15) is 5.78 Å². The number of carbonyl (C=O) groups excluding carboxylic acids is 1. The van der Waals surface area contributed by atoms with E-state index in [0.29, 0.717) is 6.42 Å². The van der Waals surface area contributed by atoms with Crippen LogP contribution in [-0.2, 0) is 11.2 Å². The van der Waals surface area contributed by atoms with Crippen LogP contribution in [0.2, 0.25) is 0 Å². The predicted molar refractivity (Wildman–Crippen MR) is 48.0 cm³/mol. The lowest BCUT2D eigenvalue weighted by molar-refractivity contribution is -0.116. The van der Waals surface area contributed by atoms with Crippen LogP contribution in [0.15, 0.2) is 18.5 Å². The Morgan fingerprint density at radius 2 is 2.33 bits per heavy atom. The van der Waals surface area contributed by atoms with Crippen LogP contribution in [0.4, 0.5) is 0 Å². The summed E-state index contributed by atoms with van der Waals surface area (Å²) in [5, 5.41) is 0. The number of ketones is 1. The van der Waals surface area contributed by atoms with Gasteiger partial charge in [-0.3, -0.25) is 4.98 Å². The third kappa shape index (κ3) is 2.46. The second-order valence-electron chi connectivity index (χ2n) is 3.00. The first-order valence-electron chi connectivity index (χ1n) is 4.09. The molecule has 0 spiro atoms. The van der Waals surface area contributed by atoms with E-state index in [2.05, 4.69) is 4.98 Å². The molecule has 64 valence electrons. The lowest BCUT2D eigenvalue weighted by atomic mass is 10.1. The molecule has 0 N–H and O–H groups in total. The second-order valence-corrected chi connectivity index (χ2v) is 3.00. The summed E-state index contributed by atoms with van der Waals surface area (Å²) >= 11 is 0. The molecule has 0 bridgehead atoms. The minimum Gasteiger partial charge on any atom is -0.300 e. The highest BCUT2D eigenvalue weighted by molar-refractivity contribution is 5.75. The lowest BCUT2D eigenvalue weighted by Crippen LogP contribution is -1.96. The van der Waals surface area contributed by atoms with Crippen molar-refractivity contribution in [2.45, 2.75) is 26.7 Å². The zero-order valence-corrected chi connectivity index (χ0v) is 7.50. The van der Waals surface area contributed by atoms with Gasteiger partial charge in [-0.25, -0.2) is 0 Å². The van der Waals surface area contributed by atoms with Crippen molar-refractivity contribution in [3.63, 3.8) is 0 Å². The molecular formula is C10H13NO. The molecule has 0 saturated carbocycles. The van der Waals surface area contributed by atoms with Crippen molar-refractivity contribution in [2.24, 2.45) is 0 Å². The van der Waals surface area contributed by atoms with Crippen molar-refractivity contribution in [2.75, 3.05) is 0 Å². The number of hydrogen-bond acceptors (Lipinski definition) is 2. The molecule has 0 aliphatic heterocycles. The van der Waals surface area contributed by atoms with E-state index in [1.807, 2.05) is 19.2 Å². The SMILES string of the molecule is CC(=O)CCc1ccncc1C. The van der Waals surface area contributed by atoms with Gasteiger partial charge in [-0.2, -0.15) is 0 Å². The molecule has 1 aromatic heterocycles. The fourth-order valence-electron chi connectivity index (χ4n) is 1.09. The van der Waals surface area contributed by atoms with E-state index >= 15 is 0 Å². The maximum absolute atomic E-state index is 10.7. The van der Waals surface area contributed by atoms with Crippen molar-refractivity contribution in [1.29, 1.82) is 0 Å². The summed E-state index contributed by atoms with van der Waals surface area (Å²) in [6.45, 7) is 3.64. The predicted octanol–water partition coefficient (Wildman–Crippen LogP) is 1.91. The van der Waals surface area contributed by atoms with Gasteiger partial charge < -0.3 is 4.79 Å². The number of hydrogen-bond donors (Lipinski definition) is 0. The summed E-state index contributed by atoms with van der Waals surface area (Å²) in [6, 6.07) is 1.97.